The summed E-state index contributed by atoms with van der Waals surface area (Å²) >= 11 is 0. The summed E-state index contributed by atoms with van der Waals surface area (Å²) in [6, 6.07) is 31.8. The molecular weight excluding hydrogens is 420 g/mol. The second-order valence-corrected chi connectivity index (χ2v) is 7.96. The summed E-state index contributed by atoms with van der Waals surface area (Å²) in [5, 5.41) is 20.7. The Hall–Kier alpha value is -4.87. The maximum atomic E-state index is 9.48. The maximum Gasteiger partial charge on any atom is 0.130 e. The van der Waals surface area contributed by atoms with E-state index in [9.17, 15) is 5.26 Å². The zero-order valence-electron chi connectivity index (χ0n) is 18.3. The maximum absolute atomic E-state index is 9.48. The van der Waals surface area contributed by atoms with Crippen LogP contribution in [-0.4, -0.2) is 9.55 Å². The molecule has 0 saturated carbocycles. The molecule has 0 bridgehead atoms. The van der Waals surface area contributed by atoms with Crippen LogP contribution in [0.25, 0.3) is 21.9 Å². The fourth-order valence-corrected chi connectivity index (χ4v) is 4.04. The van der Waals surface area contributed by atoms with Gasteiger partial charge in [-0.2, -0.15) is 10.5 Å². The lowest BCUT2D eigenvalue weighted by atomic mass is 9.96. The normalized spacial score (nSPS) is 10.5. The van der Waals surface area contributed by atoms with Gasteiger partial charge in [-0.3, -0.25) is 0 Å². The average molecular weight is 441 g/mol. The molecule has 5 aromatic rings. The van der Waals surface area contributed by atoms with Gasteiger partial charge < -0.3 is 9.30 Å². The molecule has 0 radical (unpaired) electrons. The Morgan fingerprint density at radius 1 is 0.794 bits per heavy atom. The number of hydrogen-bond acceptors (Lipinski definition) is 4. The standard InChI is InChI=1S/C29H20N4O/c30-15-21-8-10-22(11-9-21)18-33-20-32-17-25(33)19-34-29-13-12-23(16-31)14-28(29)27-7-3-5-24-4-1-2-6-26(24)27/h1-14,17,20H,18-19H2. The first-order valence-electron chi connectivity index (χ1n) is 10.9. The van der Waals surface area contributed by atoms with Crippen molar-refractivity contribution in [1.29, 1.82) is 10.5 Å². The lowest BCUT2D eigenvalue weighted by Crippen LogP contribution is -2.07. The summed E-state index contributed by atoms with van der Waals surface area (Å²) in [5.74, 6) is 0.710. The van der Waals surface area contributed by atoms with Crippen LogP contribution in [0.4, 0.5) is 0 Å². The summed E-state index contributed by atoms with van der Waals surface area (Å²) in [6.45, 7) is 0.966. The van der Waals surface area contributed by atoms with Crippen LogP contribution in [0.3, 0.4) is 0 Å². The van der Waals surface area contributed by atoms with E-state index in [1.54, 1.807) is 18.6 Å². The Labute approximate surface area is 197 Å². The van der Waals surface area contributed by atoms with Crippen molar-refractivity contribution in [3.8, 4) is 29.0 Å². The zero-order chi connectivity index (χ0) is 23.3. The highest BCUT2D eigenvalue weighted by Gasteiger charge is 2.13. The van der Waals surface area contributed by atoms with E-state index in [4.69, 9.17) is 10.00 Å². The third-order valence-corrected chi connectivity index (χ3v) is 5.80. The minimum absolute atomic E-state index is 0.333. The van der Waals surface area contributed by atoms with Crippen molar-refractivity contribution in [2.24, 2.45) is 0 Å². The van der Waals surface area contributed by atoms with Crippen molar-refractivity contribution in [2.45, 2.75) is 13.2 Å². The van der Waals surface area contributed by atoms with E-state index in [1.807, 2.05) is 59.2 Å². The molecule has 4 aromatic carbocycles. The van der Waals surface area contributed by atoms with Gasteiger partial charge >= 0.3 is 0 Å². The third kappa shape index (κ3) is 4.24. The van der Waals surface area contributed by atoms with Gasteiger partial charge in [-0.05, 0) is 52.2 Å². The second-order valence-electron chi connectivity index (χ2n) is 7.96. The number of rotatable bonds is 6. The SMILES string of the molecule is N#Cc1ccc(Cn2cncc2COc2ccc(C#N)cc2-c2cccc3ccccc23)cc1. The summed E-state index contributed by atoms with van der Waals surface area (Å²) in [7, 11) is 0. The largest absolute Gasteiger partial charge is 0.487 e. The highest BCUT2D eigenvalue weighted by Crippen LogP contribution is 2.36. The van der Waals surface area contributed by atoms with Crippen molar-refractivity contribution in [1.82, 2.24) is 9.55 Å². The Kier molecular flexibility index (Phi) is 5.76. The van der Waals surface area contributed by atoms with Crippen LogP contribution in [0.2, 0.25) is 0 Å². The van der Waals surface area contributed by atoms with Gasteiger partial charge in [0.1, 0.15) is 12.4 Å². The van der Waals surface area contributed by atoms with Crippen LogP contribution in [-0.2, 0) is 13.2 Å². The molecule has 162 valence electrons. The van der Waals surface area contributed by atoms with Crippen molar-refractivity contribution in [3.63, 3.8) is 0 Å². The molecule has 1 heterocycles. The van der Waals surface area contributed by atoms with Gasteiger partial charge in [0.2, 0.25) is 0 Å². The molecule has 5 rings (SSSR count). The predicted molar refractivity (Wildman–Crippen MR) is 131 cm³/mol. The minimum Gasteiger partial charge on any atom is -0.487 e. The number of nitrogens with zero attached hydrogens (tertiary/aromatic N) is 4. The molecule has 0 N–H and O–H groups in total. The quantitative estimate of drug-likeness (QED) is 0.321. The van der Waals surface area contributed by atoms with E-state index in [0.29, 0.717) is 30.0 Å². The average Bonchev–Trinajstić information content (AvgIpc) is 3.34. The van der Waals surface area contributed by atoms with Gasteiger partial charge in [0.25, 0.3) is 0 Å². The van der Waals surface area contributed by atoms with E-state index < -0.39 is 0 Å². The van der Waals surface area contributed by atoms with Gasteiger partial charge in [-0.15, -0.1) is 0 Å². The molecule has 34 heavy (non-hydrogen) atoms. The molecule has 5 heteroatoms. The summed E-state index contributed by atoms with van der Waals surface area (Å²) < 4.78 is 8.32. The number of hydrogen-bond donors (Lipinski definition) is 0. The van der Waals surface area contributed by atoms with Gasteiger partial charge in [0.15, 0.2) is 0 Å². The molecule has 0 amide bonds. The van der Waals surface area contributed by atoms with Crippen LogP contribution in [0.1, 0.15) is 22.4 Å². The first kappa shape index (κ1) is 21.0. The lowest BCUT2D eigenvalue weighted by molar-refractivity contribution is 0.297. The Morgan fingerprint density at radius 3 is 2.38 bits per heavy atom. The second kappa shape index (κ2) is 9.32. The van der Waals surface area contributed by atoms with Gasteiger partial charge in [-0.25, -0.2) is 4.98 Å². The van der Waals surface area contributed by atoms with Crippen LogP contribution in [0, 0.1) is 22.7 Å². The fourth-order valence-electron chi connectivity index (χ4n) is 4.04. The topological polar surface area (TPSA) is 74.6 Å². The predicted octanol–water partition coefficient (Wildman–Crippen LogP) is 6.07. The highest BCUT2D eigenvalue weighted by molar-refractivity contribution is 5.98. The highest BCUT2D eigenvalue weighted by atomic mass is 16.5. The van der Waals surface area contributed by atoms with Gasteiger partial charge in [-0.1, -0.05) is 54.6 Å². The van der Waals surface area contributed by atoms with Crippen molar-refractivity contribution in [2.75, 3.05) is 0 Å². The van der Waals surface area contributed by atoms with Crippen molar-refractivity contribution in [3.05, 3.63) is 120 Å². The number of imidazole rings is 1. The number of fused-ring (bicyclic) bond motifs is 1. The van der Waals surface area contributed by atoms with E-state index in [0.717, 1.165) is 33.2 Å². The molecular formula is C29H20N4O. The van der Waals surface area contributed by atoms with Crippen LogP contribution >= 0.6 is 0 Å². The van der Waals surface area contributed by atoms with Crippen LogP contribution in [0.5, 0.6) is 5.75 Å². The van der Waals surface area contributed by atoms with Crippen LogP contribution in [0.15, 0.2) is 97.5 Å². The molecule has 0 fully saturated rings. The first-order valence-corrected chi connectivity index (χ1v) is 10.9. The molecule has 5 nitrogen and oxygen atoms in total. The Morgan fingerprint density at radius 2 is 1.56 bits per heavy atom. The molecule has 0 saturated heterocycles. The molecule has 0 atom stereocenters. The zero-order valence-corrected chi connectivity index (χ0v) is 18.3. The van der Waals surface area contributed by atoms with E-state index in [2.05, 4.69) is 41.4 Å². The first-order chi connectivity index (χ1) is 16.7. The number of nitriles is 2. The van der Waals surface area contributed by atoms with Gasteiger partial charge in [0.05, 0.1) is 41.5 Å². The molecule has 1 aromatic heterocycles. The third-order valence-electron chi connectivity index (χ3n) is 5.80. The lowest BCUT2D eigenvalue weighted by Gasteiger charge is -2.15. The summed E-state index contributed by atoms with van der Waals surface area (Å²) in [6.07, 6.45) is 3.58. The number of ether oxygens (including phenoxy) is 1. The minimum atomic E-state index is 0.333. The van der Waals surface area contributed by atoms with E-state index >= 15 is 0 Å². The summed E-state index contributed by atoms with van der Waals surface area (Å²) in [5.41, 5.74) is 5.14. The van der Waals surface area contributed by atoms with Crippen molar-refractivity contribution >= 4 is 10.8 Å². The van der Waals surface area contributed by atoms with E-state index in [-0.39, 0.29) is 0 Å². The Balaban J connectivity index is 1.44. The summed E-state index contributed by atoms with van der Waals surface area (Å²) in [4.78, 5) is 4.30. The van der Waals surface area contributed by atoms with Gasteiger partial charge in [0, 0.05) is 12.1 Å². The molecule has 0 aliphatic heterocycles. The van der Waals surface area contributed by atoms with E-state index in [1.165, 1.54) is 0 Å². The molecule has 0 spiro atoms. The fraction of sp³-hybridized carbons (Fsp3) is 0.0690. The van der Waals surface area contributed by atoms with Crippen LogP contribution < -0.4 is 4.74 Å². The number of aromatic nitrogens is 2. The monoisotopic (exact) mass is 440 g/mol. The molecule has 0 aliphatic rings. The Bertz CT molecular complexity index is 1550. The molecule has 0 unspecified atom stereocenters. The number of benzene rings is 4. The molecule has 0 aliphatic carbocycles. The van der Waals surface area contributed by atoms with Crippen molar-refractivity contribution < 1.29 is 4.74 Å². The smallest absolute Gasteiger partial charge is 0.130 e.